The molecule has 1 aliphatic carbocycles. The largest absolute Gasteiger partial charge is 0.469 e. The van der Waals surface area contributed by atoms with Crippen LogP contribution in [-0.2, 0) is 16.0 Å². The van der Waals surface area contributed by atoms with E-state index < -0.39 is 0 Å². The van der Waals surface area contributed by atoms with Gasteiger partial charge in [-0.25, -0.2) is 4.99 Å². The van der Waals surface area contributed by atoms with Crippen LogP contribution in [0.15, 0.2) is 27.8 Å². The molecule has 8 heteroatoms. The van der Waals surface area contributed by atoms with Crippen LogP contribution in [0.4, 0.5) is 0 Å². The first kappa shape index (κ1) is 25.0. The summed E-state index contributed by atoms with van der Waals surface area (Å²) in [6.45, 7) is 3.61. The number of ether oxygens (including phenoxy) is 1. The van der Waals surface area contributed by atoms with Crippen molar-refractivity contribution in [2.45, 2.75) is 51.0 Å². The monoisotopic (exact) mass is 532 g/mol. The van der Waals surface area contributed by atoms with E-state index in [-0.39, 0.29) is 36.4 Å². The normalized spacial score (nSPS) is 18.3. The maximum atomic E-state index is 12.0. The Labute approximate surface area is 197 Å². The van der Waals surface area contributed by atoms with Crippen LogP contribution in [0.1, 0.15) is 44.3 Å². The SMILES string of the molecule is CN(C)C(=O)CN=C(NCCc1ccco1)N1CCC(OCC2CCCC2)CC1.I. The lowest BCUT2D eigenvalue weighted by atomic mass is 10.1. The first-order chi connectivity index (χ1) is 14.1. The van der Waals surface area contributed by atoms with Crippen LogP contribution in [0, 0.1) is 5.92 Å². The molecule has 3 rings (SSSR count). The number of hydrogen-bond acceptors (Lipinski definition) is 4. The van der Waals surface area contributed by atoms with E-state index in [1.807, 2.05) is 12.1 Å². The topological polar surface area (TPSA) is 70.3 Å². The molecule has 170 valence electrons. The van der Waals surface area contributed by atoms with E-state index in [2.05, 4.69) is 15.2 Å². The summed E-state index contributed by atoms with van der Waals surface area (Å²) in [5, 5.41) is 3.42. The first-order valence-electron chi connectivity index (χ1n) is 11.0. The van der Waals surface area contributed by atoms with Crippen molar-refractivity contribution in [3.8, 4) is 0 Å². The lowest BCUT2D eigenvalue weighted by Crippen LogP contribution is -2.48. The summed E-state index contributed by atoms with van der Waals surface area (Å²) in [6, 6.07) is 3.87. The Morgan fingerprint density at radius 2 is 2.00 bits per heavy atom. The molecule has 0 unspecified atom stereocenters. The lowest BCUT2D eigenvalue weighted by molar-refractivity contribution is -0.127. The molecule has 1 aliphatic heterocycles. The Morgan fingerprint density at radius 1 is 1.27 bits per heavy atom. The number of aliphatic imine (C=N–C) groups is 1. The predicted molar refractivity (Wildman–Crippen MR) is 129 cm³/mol. The Morgan fingerprint density at radius 3 is 2.63 bits per heavy atom. The van der Waals surface area contributed by atoms with Gasteiger partial charge in [-0.2, -0.15) is 0 Å². The van der Waals surface area contributed by atoms with Gasteiger partial charge in [0, 0.05) is 46.8 Å². The minimum absolute atomic E-state index is 0. The van der Waals surface area contributed by atoms with E-state index in [0.29, 0.717) is 6.10 Å². The van der Waals surface area contributed by atoms with Crippen LogP contribution in [0.5, 0.6) is 0 Å². The molecular weight excluding hydrogens is 495 g/mol. The highest BCUT2D eigenvalue weighted by molar-refractivity contribution is 14.0. The van der Waals surface area contributed by atoms with Gasteiger partial charge in [0.15, 0.2) is 5.96 Å². The zero-order valence-electron chi connectivity index (χ0n) is 18.3. The molecular formula is C22H37IN4O3. The molecule has 1 N–H and O–H groups in total. The fraction of sp³-hybridized carbons (Fsp3) is 0.727. The molecule has 1 aromatic rings. The molecule has 7 nitrogen and oxygen atoms in total. The van der Waals surface area contributed by atoms with E-state index in [1.54, 1.807) is 25.3 Å². The summed E-state index contributed by atoms with van der Waals surface area (Å²) >= 11 is 0. The molecule has 30 heavy (non-hydrogen) atoms. The number of furan rings is 1. The summed E-state index contributed by atoms with van der Waals surface area (Å²) in [4.78, 5) is 20.4. The van der Waals surface area contributed by atoms with Crippen molar-refractivity contribution in [2.24, 2.45) is 10.9 Å². The maximum Gasteiger partial charge on any atom is 0.243 e. The molecule has 1 saturated heterocycles. The molecule has 2 fully saturated rings. The number of likely N-dealkylation sites (tertiary alicyclic amines) is 1. The third-order valence-corrected chi connectivity index (χ3v) is 5.88. The molecule has 1 amide bonds. The van der Waals surface area contributed by atoms with Crippen molar-refractivity contribution >= 4 is 35.8 Å². The second-order valence-electron chi connectivity index (χ2n) is 8.35. The van der Waals surface area contributed by atoms with Crippen LogP contribution in [0.2, 0.25) is 0 Å². The third-order valence-electron chi connectivity index (χ3n) is 5.88. The van der Waals surface area contributed by atoms with E-state index in [4.69, 9.17) is 9.15 Å². The Kier molecular flexibility index (Phi) is 11.0. The molecule has 1 aromatic heterocycles. The van der Waals surface area contributed by atoms with Gasteiger partial charge in [-0.3, -0.25) is 4.79 Å². The standard InChI is InChI=1S/C22H36N4O3.HI/c1-25(2)21(27)16-24-22(23-12-9-19-8-5-15-28-19)26-13-10-20(11-14-26)29-17-18-6-3-4-7-18;/h5,8,15,18,20H,3-4,6-7,9-14,16-17H2,1-2H3,(H,23,24);1H. The number of guanidine groups is 1. The fourth-order valence-electron chi connectivity index (χ4n) is 3.99. The van der Waals surface area contributed by atoms with Crippen molar-refractivity contribution < 1.29 is 13.9 Å². The van der Waals surface area contributed by atoms with Gasteiger partial charge in [-0.15, -0.1) is 24.0 Å². The summed E-state index contributed by atoms with van der Waals surface area (Å²) in [6.07, 6.45) is 10.2. The Bertz CT molecular complexity index is 637. The minimum atomic E-state index is 0. The molecule has 0 aromatic carbocycles. The molecule has 2 aliphatic rings. The predicted octanol–water partition coefficient (Wildman–Crippen LogP) is 3.15. The second-order valence-corrected chi connectivity index (χ2v) is 8.35. The Balaban J connectivity index is 0.00000320. The van der Waals surface area contributed by atoms with Gasteiger partial charge in [0.25, 0.3) is 0 Å². The van der Waals surface area contributed by atoms with Crippen molar-refractivity contribution in [3.63, 3.8) is 0 Å². The molecule has 0 atom stereocenters. The molecule has 0 spiro atoms. The third kappa shape index (κ3) is 8.09. The highest BCUT2D eigenvalue weighted by Gasteiger charge is 2.24. The van der Waals surface area contributed by atoms with Crippen molar-refractivity contribution in [3.05, 3.63) is 24.2 Å². The van der Waals surface area contributed by atoms with Crippen molar-refractivity contribution in [1.82, 2.24) is 15.1 Å². The van der Waals surface area contributed by atoms with E-state index >= 15 is 0 Å². The highest BCUT2D eigenvalue weighted by Crippen LogP contribution is 2.26. The summed E-state index contributed by atoms with van der Waals surface area (Å²) in [5.41, 5.74) is 0. The van der Waals surface area contributed by atoms with E-state index in [9.17, 15) is 4.79 Å². The number of carbonyl (C=O) groups excluding carboxylic acids is 1. The van der Waals surface area contributed by atoms with E-state index in [1.165, 1.54) is 25.7 Å². The Hall–Kier alpha value is -1.29. The zero-order chi connectivity index (χ0) is 20.5. The van der Waals surface area contributed by atoms with E-state index in [0.717, 1.165) is 63.1 Å². The maximum absolute atomic E-state index is 12.0. The lowest BCUT2D eigenvalue weighted by Gasteiger charge is -2.34. The number of amides is 1. The number of carbonyl (C=O) groups is 1. The van der Waals surface area contributed by atoms with Crippen LogP contribution in [0.3, 0.4) is 0 Å². The fourth-order valence-corrected chi connectivity index (χ4v) is 3.99. The summed E-state index contributed by atoms with van der Waals surface area (Å²) in [7, 11) is 3.52. The van der Waals surface area contributed by atoms with Crippen LogP contribution in [-0.4, -0.2) is 74.7 Å². The highest BCUT2D eigenvalue weighted by atomic mass is 127. The second kappa shape index (κ2) is 13.2. The number of rotatable bonds is 8. The number of nitrogens with zero attached hydrogens (tertiary/aromatic N) is 3. The first-order valence-corrected chi connectivity index (χ1v) is 11.0. The van der Waals surface area contributed by atoms with Gasteiger partial charge in [-0.05, 0) is 43.7 Å². The molecule has 0 radical (unpaired) electrons. The van der Waals surface area contributed by atoms with Crippen molar-refractivity contribution in [2.75, 3.05) is 46.9 Å². The number of likely N-dealkylation sites (N-methyl/N-ethyl adjacent to an activating group) is 1. The van der Waals surface area contributed by atoms with Gasteiger partial charge >= 0.3 is 0 Å². The average molecular weight is 532 g/mol. The molecule has 0 bridgehead atoms. The number of nitrogens with one attached hydrogen (secondary N) is 1. The van der Waals surface area contributed by atoms with Gasteiger partial charge in [0.1, 0.15) is 12.3 Å². The van der Waals surface area contributed by atoms with Crippen molar-refractivity contribution in [1.29, 1.82) is 0 Å². The van der Waals surface area contributed by atoms with Crippen LogP contribution < -0.4 is 5.32 Å². The average Bonchev–Trinajstić information content (AvgIpc) is 3.43. The van der Waals surface area contributed by atoms with Gasteiger partial charge in [0.05, 0.1) is 12.4 Å². The quantitative estimate of drug-likeness (QED) is 0.317. The molecule has 1 saturated carbocycles. The van der Waals surface area contributed by atoms with Gasteiger partial charge in [-0.1, -0.05) is 12.8 Å². The van der Waals surface area contributed by atoms with Crippen LogP contribution >= 0.6 is 24.0 Å². The number of piperidine rings is 1. The summed E-state index contributed by atoms with van der Waals surface area (Å²) < 4.78 is 11.6. The number of hydrogen-bond donors (Lipinski definition) is 1. The minimum Gasteiger partial charge on any atom is -0.469 e. The number of halogens is 1. The molecule has 2 heterocycles. The van der Waals surface area contributed by atoms with Gasteiger partial charge in [0.2, 0.25) is 5.91 Å². The van der Waals surface area contributed by atoms with Gasteiger partial charge < -0.3 is 24.3 Å². The zero-order valence-corrected chi connectivity index (χ0v) is 20.7. The van der Waals surface area contributed by atoms with Crippen LogP contribution in [0.25, 0.3) is 0 Å². The smallest absolute Gasteiger partial charge is 0.243 e. The summed E-state index contributed by atoms with van der Waals surface area (Å²) in [5.74, 6) is 2.52.